The molecule has 0 bridgehead atoms. The molecule has 1 saturated heterocycles. The minimum Gasteiger partial charge on any atom is -0.379 e. The summed E-state index contributed by atoms with van der Waals surface area (Å²) in [6, 6.07) is 2.40. The fourth-order valence-electron chi connectivity index (χ4n) is 2.09. The summed E-state index contributed by atoms with van der Waals surface area (Å²) in [6.45, 7) is 2.29. The number of nitrogens with two attached hydrogens (primary N) is 1. The van der Waals surface area contributed by atoms with Crippen LogP contribution in [0.4, 0.5) is 4.39 Å². The van der Waals surface area contributed by atoms with E-state index < -0.39 is 26.3 Å². The molecule has 1 heterocycles. The number of sulfonamides is 1. The van der Waals surface area contributed by atoms with Gasteiger partial charge in [-0.25, -0.2) is 17.5 Å². The van der Waals surface area contributed by atoms with Gasteiger partial charge in [-0.05, 0) is 25.5 Å². The van der Waals surface area contributed by atoms with Gasteiger partial charge in [0.05, 0.1) is 12.1 Å². The van der Waals surface area contributed by atoms with Crippen molar-refractivity contribution < 1.29 is 17.5 Å². The van der Waals surface area contributed by atoms with Crippen molar-refractivity contribution in [2.75, 3.05) is 13.2 Å². The summed E-state index contributed by atoms with van der Waals surface area (Å²) in [5.41, 5.74) is 4.71. The molecule has 20 heavy (non-hydrogen) atoms. The van der Waals surface area contributed by atoms with Crippen LogP contribution in [-0.4, -0.2) is 27.2 Å². The van der Waals surface area contributed by atoms with Crippen molar-refractivity contribution in [2.24, 2.45) is 5.73 Å². The van der Waals surface area contributed by atoms with Crippen molar-refractivity contribution in [1.29, 1.82) is 0 Å². The van der Waals surface area contributed by atoms with Gasteiger partial charge in [-0.15, -0.1) is 0 Å². The highest BCUT2D eigenvalue weighted by Gasteiger charge is 2.36. The Morgan fingerprint density at radius 2 is 2.25 bits per heavy atom. The van der Waals surface area contributed by atoms with Crippen molar-refractivity contribution in [1.82, 2.24) is 4.72 Å². The van der Waals surface area contributed by atoms with Gasteiger partial charge in [-0.2, -0.15) is 0 Å². The van der Waals surface area contributed by atoms with E-state index in [4.69, 9.17) is 22.1 Å². The van der Waals surface area contributed by atoms with Gasteiger partial charge in [-0.1, -0.05) is 11.6 Å². The van der Waals surface area contributed by atoms with Crippen LogP contribution >= 0.6 is 11.6 Å². The van der Waals surface area contributed by atoms with E-state index in [2.05, 4.69) is 4.72 Å². The Bertz CT molecular complexity index is 615. The Morgan fingerprint density at radius 3 is 2.80 bits per heavy atom. The molecular weight excluding hydrogens is 307 g/mol. The molecule has 0 saturated carbocycles. The van der Waals surface area contributed by atoms with E-state index in [0.717, 1.165) is 6.07 Å². The van der Waals surface area contributed by atoms with Gasteiger partial charge in [0.15, 0.2) is 0 Å². The van der Waals surface area contributed by atoms with E-state index in [9.17, 15) is 12.8 Å². The molecular formula is C12H16ClFN2O3S. The normalized spacial score (nSPS) is 23.2. The second-order valence-corrected chi connectivity index (χ2v) is 7.14. The molecule has 0 radical (unpaired) electrons. The molecule has 112 valence electrons. The maximum atomic E-state index is 14.2. The van der Waals surface area contributed by atoms with E-state index in [0.29, 0.717) is 13.0 Å². The standard InChI is InChI=1S/C12H16ClFN2O3S/c1-12(2-3-19-7-12)16-20(17,18)10-5-9(13)4-8(6-15)11(10)14/h4-5,16H,2-3,6-7,15H2,1H3. The van der Waals surface area contributed by atoms with Crippen LogP contribution in [0.3, 0.4) is 0 Å². The van der Waals surface area contributed by atoms with Gasteiger partial charge in [0.2, 0.25) is 10.0 Å². The molecule has 1 aromatic rings. The fraction of sp³-hybridized carbons (Fsp3) is 0.500. The second kappa shape index (κ2) is 5.57. The van der Waals surface area contributed by atoms with Gasteiger partial charge in [-0.3, -0.25) is 0 Å². The lowest BCUT2D eigenvalue weighted by Gasteiger charge is -2.23. The lowest BCUT2D eigenvalue weighted by atomic mass is 10.0. The Hall–Kier alpha value is -0.730. The maximum Gasteiger partial charge on any atom is 0.244 e. The SMILES string of the molecule is CC1(NS(=O)(=O)c2cc(Cl)cc(CN)c2F)CCOC1. The monoisotopic (exact) mass is 322 g/mol. The first-order valence-corrected chi connectivity index (χ1v) is 7.93. The fourth-order valence-corrected chi connectivity index (χ4v) is 3.96. The molecule has 0 aromatic heterocycles. The third-order valence-corrected chi connectivity index (χ3v) is 5.04. The summed E-state index contributed by atoms with van der Waals surface area (Å²) in [5.74, 6) is -0.869. The van der Waals surface area contributed by atoms with E-state index in [1.165, 1.54) is 6.07 Å². The highest BCUT2D eigenvalue weighted by Crippen LogP contribution is 2.26. The van der Waals surface area contributed by atoms with E-state index in [1.807, 2.05) is 0 Å². The highest BCUT2D eigenvalue weighted by molar-refractivity contribution is 7.89. The van der Waals surface area contributed by atoms with Gasteiger partial charge >= 0.3 is 0 Å². The van der Waals surface area contributed by atoms with Crippen LogP contribution in [0.15, 0.2) is 17.0 Å². The molecule has 8 heteroatoms. The average molecular weight is 323 g/mol. The van der Waals surface area contributed by atoms with Gasteiger partial charge in [0.25, 0.3) is 0 Å². The minimum atomic E-state index is -4.03. The molecule has 0 spiro atoms. The Kier molecular flexibility index (Phi) is 4.36. The Labute approximate surface area is 122 Å². The summed E-state index contributed by atoms with van der Waals surface area (Å²) in [6.07, 6.45) is 0.526. The molecule has 0 amide bonds. The third-order valence-electron chi connectivity index (χ3n) is 3.19. The molecule has 3 N–H and O–H groups in total. The smallest absolute Gasteiger partial charge is 0.244 e. The summed E-state index contributed by atoms with van der Waals surface area (Å²) >= 11 is 5.82. The minimum absolute atomic E-state index is 0.0608. The number of rotatable bonds is 4. The quantitative estimate of drug-likeness (QED) is 0.878. The number of hydrogen-bond acceptors (Lipinski definition) is 4. The molecule has 5 nitrogen and oxygen atoms in total. The van der Waals surface area contributed by atoms with Crippen LogP contribution in [0.25, 0.3) is 0 Å². The number of ether oxygens (including phenoxy) is 1. The van der Waals surface area contributed by atoms with Crippen LogP contribution in [0, 0.1) is 5.82 Å². The first kappa shape index (κ1) is 15.7. The summed E-state index contributed by atoms with van der Waals surface area (Å²) in [4.78, 5) is -0.487. The summed E-state index contributed by atoms with van der Waals surface area (Å²) in [7, 11) is -4.03. The Balaban J connectivity index is 2.41. The zero-order chi connectivity index (χ0) is 15.0. The molecule has 1 atom stereocenters. The molecule has 1 aliphatic heterocycles. The predicted molar refractivity (Wildman–Crippen MR) is 73.5 cm³/mol. The van der Waals surface area contributed by atoms with Gasteiger partial charge in [0.1, 0.15) is 10.7 Å². The molecule has 1 fully saturated rings. The third kappa shape index (κ3) is 3.12. The number of benzene rings is 1. The van der Waals surface area contributed by atoms with Crippen LogP contribution in [0.2, 0.25) is 5.02 Å². The zero-order valence-corrected chi connectivity index (χ0v) is 12.5. The largest absolute Gasteiger partial charge is 0.379 e. The second-order valence-electron chi connectivity index (χ2n) is 5.05. The van der Waals surface area contributed by atoms with E-state index in [-0.39, 0.29) is 23.7 Å². The van der Waals surface area contributed by atoms with Crippen molar-refractivity contribution in [3.05, 3.63) is 28.5 Å². The van der Waals surface area contributed by atoms with Crippen LogP contribution in [0.1, 0.15) is 18.9 Å². The number of nitrogens with one attached hydrogen (secondary N) is 1. The van der Waals surface area contributed by atoms with Gasteiger partial charge < -0.3 is 10.5 Å². The van der Waals surface area contributed by atoms with Gasteiger partial charge in [0, 0.05) is 23.7 Å². The summed E-state index contributed by atoms with van der Waals surface area (Å²) < 4.78 is 46.5. The average Bonchev–Trinajstić information content (AvgIpc) is 2.77. The lowest BCUT2D eigenvalue weighted by molar-refractivity contribution is 0.178. The maximum absolute atomic E-state index is 14.2. The Morgan fingerprint density at radius 1 is 1.55 bits per heavy atom. The van der Waals surface area contributed by atoms with Crippen molar-refractivity contribution in [3.8, 4) is 0 Å². The van der Waals surface area contributed by atoms with E-state index in [1.54, 1.807) is 6.92 Å². The zero-order valence-electron chi connectivity index (χ0n) is 10.9. The lowest BCUT2D eigenvalue weighted by Crippen LogP contribution is -2.46. The number of halogens is 2. The van der Waals surface area contributed by atoms with Crippen LogP contribution in [-0.2, 0) is 21.3 Å². The first-order valence-electron chi connectivity index (χ1n) is 6.07. The molecule has 1 aliphatic rings. The summed E-state index contributed by atoms with van der Waals surface area (Å²) in [5, 5.41) is 0.125. The van der Waals surface area contributed by atoms with E-state index >= 15 is 0 Å². The predicted octanol–water partition coefficient (Wildman–Crippen LogP) is 1.40. The molecule has 0 aliphatic carbocycles. The van der Waals surface area contributed by atoms with Crippen LogP contribution < -0.4 is 10.5 Å². The van der Waals surface area contributed by atoms with Crippen molar-refractivity contribution in [3.63, 3.8) is 0 Å². The van der Waals surface area contributed by atoms with Crippen molar-refractivity contribution in [2.45, 2.75) is 30.3 Å². The number of hydrogen-bond donors (Lipinski definition) is 2. The first-order chi connectivity index (χ1) is 9.27. The van der Waals surface area contributed by atoms with Crippen molar-refractivity contribution >= 4 is 21.6 Å². The topological polar surface area (TPSA) is 81.4 Å². The molecule has 1 aromatic carbocycles. The molecule has 1 unspecified atom stereocenters. The van der Waals surface area contributed by atoms with Crippen LogP contribution in [0.5, 0.6) is 0 Å². The molecule has 2 rings (SSSR count). The highest BCUT2D eigenvalue weighted by atomic mass is 35.5.